The van der Waals surface area contributed by atoms with E-state index in [1.54, 1.807) is 13.1 Å². The molecule has 0 radical (unpaired) electrons. The van der Waals surface area contributed by atoms with Crippen molar-refractivity contribution >= 4 is 5.91 Å². The third-order valence-corrected chi connectivity index (χ3v) is 4.48. The van der Waals surface area contributed by atoms with Gasteiger partial charge in [-0.25, -0.2) is 15.0 Å². The van der Waals surface area contributed by atoms with Crippen LogP contribution in [0.1, 0.15) is 21.7 Å². The fourth-order valence-electron chi connectivity index (χ4n) is 2.82. The lowest BCUT2D eigenvalue weighted by molar-refractivity contribution is -0.137. The van der Waals surface area contributed by atoms with Crippen molar-refractivity contribution in [2.75, 3.05) is 13.7 Å². The molecule has 0 saturated heterocycles. The van der Waals surface area contributed by atoms with Crippen LogP contribution >= 0.6 is 0 Å². The molecule has 31 heavy (non-hydrogen) atoms. The van der Waals surface area contributed by atoms with E-state index in [1.165, 1.54) is 30.3 Å². The molecule has 3 aromatic rings. The summed E-state index contributed by atoms with van der Waals surface area (Å²) in [5.41, 5.74) is -0.397. The van der Waals surface area contributed by atoms with Gasteiger partial charge in [0.2, 0.25) is 0 Å². The van der Waals surface area contributed by atoms with E-state index in [0.717, 1.165) is 18.2 Å². The van der Waals surface area contributed by atoms with Gasteiger partial charge in [-0.15, -0.1) is 0 Å². The summed E-state index contributed by atoms with van der Waals surface area (Å²) in [4.78, 5) is 37.0. The Kier molecular flexibility index (Phi) is 6.33. The van der Waals surface area contributed by atoms with Crippen LogP contribution in [0.2, 0.25) is 0 Å². The number of nitrogens with one attached hydrogen (secondary N) is 1. The van der Waals surface area contributed by atoms with E-state index in [-0.39, 0.29) is 29.8 Å². The first-order valence-corrected chi connectivity index (χ1v) is 9.07. The Morgan fingerprint density at radius 2 is 1.97 bits per heavy atom. The van der Waals surface area contributed by atoms with Gasteiger partial charge < -0.3 is 10.1 Å². The molecular formula is C20H18F3N5O3. The fraction of sp³-hybridized carbons (Fsp3) is 0.250. The summed E-state index contributed by atoms with van der Waals surface area (Å²) in [7, 11) is 2.74. The van der Waals surface area contributed by atoms with E-state index in [9.17, 15) is 22.8 Å². The number of carbonyl (C=O) groups is 1. The van der Waals surface area contributed by atoms with Crippen molar-refractivity contribution in [1.29, 1.82) is 0 Å². The summed E-state index contributed by atoms with van der Waals surface area (Å²) in [6.45, 7) is 0.0938. The number of methoxy groups -OCH3 is 1. The first kappa shape index (κ1) is 21.9. The predicted octanol–water partition coefficient (Wildman–Crippen LogP) is 2.24. The molecule has 0 atom stereocenters. The Morgan fingerprint density at radius 1 is 1.19 bits per heavy atom. The second-order valence-corrected chi connectivity index (χ2v) is 6.47. The van der Waals surface area contributed by atoms with Crippen LogP contribution in [-0.4, -0.2) is 39.1 Å². The van der Waals surface area contributed by atoms with Crippen LogP contribution in [0.25, 0.3) is 11.4 Å². The quantitative estimate of drug-likeness (QED) is 0.640. The number of hydrogen-bond acceptors (Lipinski definition) is 6. The highest BCUT2D eigenvalue weighted by molar-refractivity contribution is 5.97. The molecule has 8 nitrogen and oxygen atoms in total. The zero-order valence-corrected chi connectivity index (χ0v) is 16.6. The van der Waals surface area contributed by atoms with Crippen LogP contribution in [0, 0.1) is 0 Å². The summed E-state index contributed by atoms with van der Waals surface area (Å²) in [5.74, 6) is -0.396. The van der Waals surface area contributed by atoms with Gasteiger partial charge in [0.05, 0.1) is 29.6 Å². The molecule has 0 aliphatic carbocycles. The molecule has 1 N–H and O–H groups in total. The molecule has 0 aliphatic rings. The Morgan fingerprint density at radius 3 is 2.61 bits per heavy atom. The maximum absolute atomic E-state index is 12.9. The normalized spacial score (nSPS) is 11.3. The molecule has 162 valence electrons. The summed E-state index contributed by atoms with van der Waals surface area (Å²) in [6.07, 6.45) is -1.47. The minimum Gasteiger partial charge on any atom is -0.496 e. The minimum absolute atomic E-state index is 0.0351. The van der Waals surface area contributed by atoms with Crippen molar-refractivity contribution in [3.05, 3.63) is 70.2 Å². The highest BCUT2D eigenvalue weighted by atomic mass is 19.4. The van der Waals surface area contributed by atoms with Crippen molar-refractivity contribution in [1.82, 2.24) is 24.8 Å². The molecular weight excluding hydrogens is 415 g/mol. The van der Waals surface area contributed by atoms with Crippen LogP contribution in [-0.2, 0) is 19.6 Å². The van der Waals surface area contributed by atoms with Crippen molar-refractivity contribution < 1.29 is 22.7 Å². The molecule has 3 rings (SSSR count). The maximum Gasteiger partial charge on any atom is 0.416 e. The monoisotopic (exact) mass is 433 g/mol. The van der Waals surface area contributed by atoms with Crippen LogP contribution in [0.4, 0.5) is 13.2 Å². The molecule has 2 heterocycles. The summed E-state index contributed by atoms with van der Waals surface area (Å²) >= 11 is 0. The molecule has 0 saturated carbocycles. The zero-order chi connectivity index (χ0) is 22.6. The fourth-order valence-corrected chi connectivity index (χ4v) is 2.82. The zero-order valence-electron chi connectivity index (χ0n) is 16.6. The molecule has 0 bridgehead atoms. The average molecular weight is 433 g/mol. The van der Waals surface area contributed by atoms with E-state index in [1.807, 2.05) is 0 Å². The molecule has 1 aromatic carbocycles. The van der Waals surface area contributed by atoms with Gasteiger partial charge in [-0.05, 0) is 24.3 Å². The number of alkyl halides is 3. The molecule has 0 aliphatic heterocycles. The van der Waals surface area contributed by atoms with Gasteiger partial charge in [0, 0.05) is 32.3 Å². The number of nitrogens with zero attached hydrogens (tertiary/aromatic N) is 4. The SMILES string of the molecule is COc1cc(C(F)(F)F)ccc1C(=O)NCCc1nc(-c2ccncn2)cc(=O)n1C. The van der Waals surface area contributed by atoms with Crippen molar-refractivity contribution in [2.45, 2.75) is 12.6 Å². The van der Waals surface area contributed by atoms with Gasteiger partial charge in [0.1, 0.15) is 17.9 Å². The number of rotatable bonds is 6. The van der Waals surface area contributed by atoms with E-state index in [0.29, 0.717) is 17.2 Å². The number of benzene rings is 1. The number of ether oxygens (including phenoxy) is 1. The lowest BCUT2D eigenvalue weighted by Crippen LogP contribution is -2.29. The minimum atomic E-state index is -4.55. The Labute approximate surface area is 174 Å². The molecule has 0 spiro atoms. The Hall–Kier alpha value is -3.76. The van der Waals surface area contributed by atoms with Crippen LogP contribution in [0.15, 0.2) is 47.7 Å². The van der Waals surface area contributed by atoms with Gasteiger partial charge in [-0.2, -0.15) is 13.2 Å². The third-order valence-electron chi connectivity index (χ3n) is 4.48. The number of amides is 1. The Balaban J connectivity index is 1.74. The number of carbonyl (C=O) groups excluding carboxylic acids is 1. The second-order valence-electron chi connectivity index (χ2n) is 6.47. The van der Waals surface area contributed by atoms with E-state index >= 15 is 0 Å². The van der Waals surface area contributed by atoms with E-state index in [2.05, 4.69) is 20.3 Å². The smallest absolute Gasteiger partial charge is 0.416 e. The molecule has 11 heteroatoms. The van der Waals surface area contributed by atoms with Crippen LogP contribution in [0.5, 0.6) is 5.75 Å². The largest absolute Gasteiger partial charge is 0.496 e. The third kappa shape index (κ3) is 5.05. The summed E-state index contributed by atoms with van der Waals surface area (Å²) in [6, 6.07) is 5.60. The molecule has 2 aromatic heterocycles. The van der Waals surface area contributed by atoms with Gasteiger partial charge in [-0.1, -0.05) is 0 Å². The number of aromatic nitrogens is 4. The van der Waals surface area contributed by atoms with E-state index in [4.69, 9.17) is 4.74 Å². The first-order valence-electron chi connectivity index (χ1n) is 9.07. The molecule has 0 fully saturated rings. The maximum atomic E-state index is 12.9. The van der Waals surface area contributed by atoms with Crippen LogP contribution < -0.4 is 15.6 Å². The first-order chi connectivity index (χ1) is 14.7. The molecule has 1 amide bonds. The summed E-state index contributed by atoms with van der Waals surface area (Å²) in [5, 5.41) is 2.61. The lowest BCUT2D eigenvalue weighted by atomic mass is 10.1. The number of hydrogen-bond donors (Lipinski definition) is 1. The Bertz CT molecular complexity index is 1150. The highest BCUT2D eigenvalue weighted by Crippen LogP contribution is 2.33. The summed E-state index contributed by atoms with van der Waals surface area (Å²) < 4.78 is 44.8. The van der Waals surface area contributed by atoms with Gasteiger partial charge >= 0.3 is 6.18 Å². The van der Waals surface area contributed by atoms with Crippen molar-refractivity contribution in [3.8, 4) is 17.1 Å². The van der Waals surface area contributed by atoms with Crippen LogP contribution in [0.3, 0.4) is 0 Å². The standard InChI is InChI=1S/C20H18F3N5O3/c1-28-17(27-15(10-18(28)29)14-5-7-24-11-26-14)6-8-25-19(30)13-4-3-12(20(21,22)23)9-16(13)31-2/h3-5,7,9-11H,6,8H2,1-2H3,(H,25,30). The topological polar surface area (TPSA) is 99.0 Å². The predicted molar refractivity (Wildman–Crippen MR) is 105 cm³/mol. The number of halogens is 3. The lowest BCUT2D eigenvalue weighted by Gasteiger charge is -2.13. The van der Waals surface area contributed by atoms with Gasteiger partial charge in [-0.3, -0.25) is 14.2 Å². The van der Waals surface area contributed by atoms with Gasteiger partial charge in [0.25, 0.3) is 11.5 Å². The second kappa shape index (κ2) is 8.94. The molecule has 0 unspecified atom stereocenters. The van der Waals surface area contributed by atoms with Crippen molar-refractivity contribution in [2.24, 2.45) is 7.05 Å². The highest BCUT2D eigenvalue weighted by Gasteiger charge is 2.31. The van der Waals surface area contributed by atoms with Gasteiger partial charge in [0.15, 0.2) is 0 Å². The van der Waals surface area contributed by atoms with Crippen molar-refractivity contribution in [3.63, 3.8) is 0 Å². The van der Waals surface area contributed by atoms with E-state index < -0.39 is 17.6 Å². The average Bonchev–Trinajstić information content (AvgIpc) is 2.75.